The molecule has 2 heterocycles. The molecular weight excluding hydrogens is 344 g/mol. The minimum Gasteiger partial charge on any atom is -0.381 e. The van der Waals surface area contributed by atoms with Gasteiger partial charge >= 0.3 is 0 Å². The summed E-state index contributed by atoms with van der Waals surface area (Å²) in [4.78, 5) is 5.36. The van der Waals surface area contributed by atoms with Crippen LogP contribution in [-0.2, 0) is 16.7 Å². The van der Waals surface area contributed by atoms with Crippen molar-refractivity contribution < 1.29 is 4.74 Å². The second kappa shape index (κ2) is 6.11. The molecule has 1 spiro atoms. The van der Waals surface area contributed by atoms with E-state index in [2.05, 4.69) is 41.7 Å². The first-order valence-electron chi connectivity index (χ1n) is 9.48. The van der Waals surface area contributed by atoms with Crippen LogP contribution in [0.25, 0.3) is 0 Å². The molecule has 1 N–H and O–H groups in total. The van der Waals surface area contributed by atoms with Gasteiger partial charge in [-0.25, -0.2) is 0 Å². The van der Waals surface area contributed by atoms with Gasteiger partial charge in [0, 0.05) is 29.3 Å². The molecule has 1 saturated heterocycles. The number of nitrogens with zero attached hydrogens (tertiary/aromatic N) is 1. The van der Waals surface area contributed by atoms with E-state index in [9.17, 15) is 0 Å². The third-order valence-electron chi connectivity index (χ3n) is 6.16. The third-order valence-corrected chi connectivity index (χ3v) is 6.40. The van der Waals surface area contributed by atoms with Gasteiger partial charge < -0.3 is 10.1 Å². The van der Waals surface area contributed by atoms with E-state index < -0.39 is 0 Å². The number of aliphatic imine (C=N–C) groups is 1. The van der Waals surface area contributed by atoms with Crippen LogP contribution in [0.5, 0.6) is 0 Å². The summed E-state index contributed by atoms with van der Waals surface area (Å²) in [6.07, 6.45) is 5.28. The van der Waals surface area contributed by atoms with E-state index in [1.165, 1.54) is 16.8 Å². The van der Waals surface area contributed by atoms with Gasteiger partial charge in [0.2, 0.25) is 0 Å². The molecule has 4 heteroatoms. The van der Waals surface area contributed by atoms with Crippen LogP contribution < -0.4 is 5.32 Å². The number of halogens is 1. The molecule has 0 atom stereocenters. The summed E-state index contributed by atoms with van der Waals surface area (Å²) in [6, 6.07) is 16.8. The number of anilines is 1. The van der Waals surface area contributed by atoms with E-state index >= 15 is 0 Å². The van der Waals surface area contributed by atoms with Crippen molar-refractivity contribution in [3.05, 3.63) is 64.7 Å². The molecule has 3 aliphatic rings. The average molecular weight is 367 g/mol. The molecule has 26 heavy (non-hydrogen) atoms. The monoisotopic (exact) mass is 366 g/mol. The van der Waals surface area contributed by atoms with Crippen LogP contribution in [0.2, 0.25) is 5.02 Å². The van der Waals surface area contributed by atoms with E-state index in [0.29, 0.717) is 0 Å². The SMILES string of the molecule is Clc1cccc(C2(N=C3Nc4ccccc4CC34CCOCC4)CC2)c1. The molecule has 2 aromatic carbocycles. The Kier molecular flexibility index (Phi) is 3.84. The maximum atomic E-state index is 6.25. The topological polar surface area (TPSA) is 33.6 Å². The molecule has 1 saturated carbocycles. The summed E-state index contributed by atoms with van der Waals surface area (Å²) >= 11 is 6.25. The Morgan fingerprint density at radius 2 is 1.77 bits per heavy atom. The zero-order chi connectivity index (χ0) is 17.6. The standard InChI is InChI=1S/C22H23ClN2O/c23-18-6-3-5-17(14-18)22(8-9-22)25-20-21(10-12-26-13-11-21)15-16-4-1-2-7-19(16)24-20/h1-7,14H,8-13,15H2,(H,24,25). The Balaban J connectivity index is 1.58. The average Bonchev–Trinajstić information content (AvgIpc) is 3.44. The lowest BCUT2D eigenvalue weighted by molar-refractivity contribution is 0.0447. The first-order chi connectivity index (χ1) is 12.7. The normalized spacial score (nSPS) is 24.1. The van der Waals surface area contributed by atoms with Gasteiger partial charge in [-0.3, -0.25) is 4.99 Å². The lowest BCUT2D eigenvalue weighted by Crippen LogP contribution is -2.46. The van der Waals surface area contributed by atoms with E-state index in [-0.39, 0.29) is 11.0 Å². The molecule has 0 radical (unpaired) electrons. The number of benzene rings is 2. The van der Waals surface area contributed by atoms with Crippen molar-refractivity contribution >= 4 is 23.1 Å². The van der Waals surface area contributed by atoms with Crippen LogP contribution in [0.3, 0.4) is 0 Å². The van der Waals surface area contributed by atoms with Crippen molar-refractivity contribution in [1.29, 1.82) is 0 Å². The number of hydrogen-bond acceptors (Lipinski definition) is 2. The second-order valence-corrected chi connectivity index (χ2v) is 8.29. The smallest absolute Gasteiger partial charge is 0.109 e. The number of ether oxygens (including phenoxy) is 1. The molecule has 5 rings (SSSR count). The number of fused-ring (bicyclic) bond motifs is 1. The molecule has 1 aliphatic carbocycles. The lowest BCUT2D eigenvalue weighted by Gasteiger charge is -2.43. The number of nitrogens with one attached hydrogen (secondary N) is 1. The lowest BCUT2D eigenvalue weighted by atomic mass is 9.71. The zero-order valence-electron chi connectivity index (χ0n) is 14.8. The summed E-state index contributed by atoms with van der Waals surface area (Å²) in [5.74, 6) is 1.15. The van der Waals surface area contributed by atoms with Crippen LogP contribution in [0.15, 0.2) is 53.5 Å². The molecule has 0 amide bonds. The predicted octanol–water partition coefficient (Wildman–Crippen LogP) is 5.19. The fourth-order valence-electron chi connectivity index (χ4n) is 4.40. The molecule has 0 unspecified atom stereocenters. The highest BCUT2D eigenvalue weighted by Crippen LogP contribution is 2.52. The Labute approximate surface area is 159 Å². The van der Waals surface area contributed by atoms with Crippen LogP contribution >= 0.6 is 11.6 Å². The van der Waals surface area contributed by atoms with Gasteiger partial charge in [0.05, 0.1) is 5.54 Å². The molecule has 134 valence electrons. The highest BCUT2D eigenvalue weighted by molar-refractivity contribution is 6.30. The van der Waals surface area contributed by atoms with Crippen molar-refractivity contribution in [2.45, 2.75) is 37.6 Å². The van der Waals surface area contributed by atoms with E-state index in [4.69, 9.17) is 21.3 Å². The highest BCUT2D eigenvalue weighted by Gasteiger charge is 2.48. The zero-order valence-corrected chi connectivity index (χ0v) is 15.6. The number of rotatable bonds is 2. The number of para-hydroxylation sites is 1. The van der Waals surface area contributed by atoms with Crippen LogP contribution in [0.4, 0.5) is 5.69 Å². The minimum absolute atomic E-state index is 0.0702. The summed E-state index contributed by atoms with van der Waals surface area (Å²) in [5.41, 5.74) is 3.79. The molecular formula is C22H23ClN2O. The van der Waals surface area contributed by atoms with Crippen molar-refractivity contribution in [3.63, 3.8) is 0 Å². The van der Waals surface area contributed by atoms with Gasteiger partial charge in [-0.1, -0.05) is 41.9 Å². The van der Waals surface area contributed by atoms with Crippen LogP contribution in [0, 0.1) is 5.41 Å². The Morgan fingerprint density at radius 1 is 0.962 bits per heavy atom. The molecule has 2 fully saturated rings. The van der Waals surface area contributed by atoms with E-state index in [1.807, 2.05) is 12.1 Å². The van der Waals surface area contributed by atoms with Gasteiger partial charge in [0.25, 0.3) is 0 Å². The van der Waals surface area contributed by atoms with Gasteiger partial charge in [0.1, 0.15) is 5.84 Å². The minimum atomic E-state index is -0.106. The Bertz CT molecular complexity index is 866. The number of amidine groups is 1. The first-order valence-corrected chi connectivity index (χ1v) is 9.86. The summed E-state index contributed by atoms with van der Waals surface area (Å²) in [6.45, 7) is 1.63. The van der Waals surface area contributed by atoms with Gasteiger partial charge in [-0.05, 0) is 61.4 Å². The molecule has 0 aromatic heterocycles. The Hall–Kier alpha value is -1.84. The van der Waals surface area contributed by atoms with E-state index in [1.54, 1.807) is 0 Å². The second-order valence-electron chi connectivity index (χ2n) is 7.85. The highest BCUT2D eigenvalue weighted by atomic mass is 35.5. The third kappa shape index (κ3) is 2.74. The fraction of sp³-hybridized carbons (Fsp3) is 0.409. The largest absolute Gasteiger partial charge is 0.381 e. The van der Waals surface area contributed by atoms with Crippen molar-refractivity contribution in [1.82, 2.24) is 0 Å². The van der Waals surface area contributed by atoms with Crippen molar-refractivity contribution in [3.8, 4) is 0 Å². The van der Waals surface area contributed by atoms with Gasteiger partial charge in [-0.15, -0.1) is 0 Å². The quantitative estimate of drug-likeness (QED) is 0.793. The van der Waals surface area contributed by atoms with Gasteiger partial charge in [0.15, 0.2) is 0 Å². The maximum Gasteiger partial charge on any atom is 0.109 e. The Morgan fingerprint density at radius 3 is 2.54 bits per heavy atom. The molecule has 0 bridgehead atoms. The number of hydrogen-bond donors (Lipinski definition) is 1. The molecule has 2 aliphatic heterocycles. The first kappa shape index (κ1) is 16.3. The summed E-state index contributed by atoms with van der Waals surface area (Å²) in [7, 11) is 0. The van der Waals surface area contributed by atoms with Crippen molar-refractivity contribution in [2.75, 3.05) is 18.5 Å². The van der Waals surface area contributed by atoms with Crippen LogP contribution in [-0.4, -0.2) is 19.0 Å². The van der Waals surface area contributed by atoms with E-state index in [0.717, 1.165) is 56.2 Å². The summed E-state index contributed by atoms with van der Waals surface area (Å²) < 4.78 is 5.68. The summed E-state index contributed by atoms with van der Waals surface area (Å²) in [5, 5.41) is 4.49. The van der Waals surface area contributed by atoms with Crippen molar-refractivity contribution in [2.24, 2.45) is 10.4 Å². The molecule has 2 aromatic rings. The molecule has 3 nitrogen and oxygen atoms in total. The fourth-order valence-corrected chi connectivity index (χ4v) is 4.59. The van der Waals surface area contributed by atoms with Crippen LogP contribution in [0.1, 0.15) is 36.8 Å². The maximum absolute atomic E-state index is 6.25. The predicted molar refractivity (Wildman–Crippen MR) is 106 cm³/mol. The van der Waals surface area contributed by atoms with Gasteiger partial charge in [-0.2, -0.15) is 0 Å².